The number of aromatic amines is 1. The Morgan fingerprint density at radius 3 is 2.82 bits per heavy atom. The molecule has 17 heavy (non-hydrogen) atoms. The fourth-order valence-electron chi connectivity index (χ4n) is 1.97. The molecule has 6 nitrogen and oxygen atoms in total. The lowest BCUT2D eigenvalue weighted by atomic mass is 10.1. The highest BCUT2D eigenvalue weighted by molar-refractivity contribution is 5.95. The molecule has 0 unspecified atom stereocenters. The summed E-state index contributed by atoms with van der Waals surface area (Å²) in [6.07, 6.45) is 0.0773. The fourth-order valence-corrected chi connectivity index (χ4v) is 1.97. The largest absolute Gasteiger partial charge is 0.391 e. The molecule has 1 fully saturated rings. The number of hydrogen-bond donors (Lipinski definition) is 2. The zero-order chi connectivity index (χ0) is 12.6. The van der Waals surface area contributed by atoms with Gasteiger partial charge in [0.15, 0.2) is 0 Å². The fraction of sp³-hybridized carbons (Fsp3) is 0.545. The molecular formula is C11H15N3O3. The summed E-state index contributed by atoms with van der Waals surface area (Å²) in [5.41, 5.74) is 0.888. The van der Waals surface area contributed by atoms with Gasteiger partial charge in [0, 0.05) is 13.1 Å². The van der Waals surface area contributed by atoms with Crippen molar-refractivity contribution in [2.45, 2.75) is 26.4 Å². The number of nitrogens with one attached hydrogen (secondary N) is 1. The van der Waals surface area contributed by atoms with Crippen LogP contribution in [-0.2, 0) is 0 Å². The summed E-state index contributed by atoms with van der Waals surface area (Å²) in [6, 6.07) is 0. The van der Waals surface area contributed by atoms with E-state index in [0.717, 1.165) is 0 Å². The van der Waals surface area contributed by atoms with Crippen LogP contribution in [0.3, 0.4) is 0 Å². The summed E-state index contributed by atoms with van der Waals surface area (Å²) in [4.78, 5) is 25.3. The first-order valence-corrected chi connectivity index (χ1v) is 5.54. The standard InChI is InChI=1S/C11H15N3O3/c1-6-7(2)12-13-10(16)9(6)11(17)14-4-3-8(15)5-14/h8,15H,3-5H2,1-2H3,(H,13,16)/t8-/m0/s1. The number of aromatic nitrogens is 2. The zero-order valence-electron chi connectivity index (χ0n) is 9.86. The molecule has 2 N–H and O–H groups in total. The third-order valence-electron chi connectivity index (χ3n) is 3.13. The average molecular weight is 237 g/mol. The van der Waals surface area contributed by atoms with Gasteiger partial charge in [-0.15, -0.1) is 0 Å². The number of hydrogen-bond acceptors (Lipinski definition) is 4. The van der Waals surface area contributed by atoms with Crippen LogP contribution in [0.15, 0.2) is 4.79 Å². The molecule has 0 aliphatic carbocycles. The molecule has 6 heteroatoms. The molecule has 1 aromatic heterocycles. The Morgan fingerprint density at radius 1 is 1.53 bits per heavy atom. The van der Waals surface area contributed by atoms with Gasteiger partial charge in [0.1, 0.15) is 5.56 Å². The topological polar surface area (TPSA) is 86.3 Å². The van der Waals surface area contributed by atoms with Crippen molar-refractivity contribution in [1.29, 1.82) is 0 Å². The van der Waals surface area contributed by atoms with Gasteiger partial charge in [-0.25, -0.2) is 5.10 Å². The summed E-state index contributed by atoms with van der Waals surface area (Å²) in [6.45, 7) is 4.22. The molecular weight excluding hydrogens is 222 g/mol. The number of β-amino-alcohol motifs (C(OH)–C–C–N with tert-alkyl or cyclic N) is 1. The number of likely N-dealkylation sites (tertiary alicyclic amines) is 1. The third kappa shape index (κ3) is 2.08. The van der Waals surface area contributed by atoms with Crippen LogP contribution in [0.25, 0.3) is 0 Å². The van der Waals surface area contributed by atoms with Gasteiger partial charge in [-0.2, -0.15) is 5.10 Å². The minimum Gasteiger partial charge on any atom is -0.391 e. The first-order valence-electron chi connectivity index (χ1n) is 5.54. The first kappa shape index (κ1) is 11.8. The summed E-state index contributed by atoms with van der Waals surface area (Å²) in [7, 11) is 0. The molecule has 0 bridgehead atoms. The maximum absolute atomic E-state index is 12.2. The Labute approximate surface area is 98.3 Å². The predicted octanol–water partition coefficient (Wildman–Crippen LogP) is -0.406. The van der Waals surface area contributed by atoms with E-state index in [1.165, 1.54) is 4.90 Å². The van der Waals surface area contributed by atoms with E-state index in [0.29, 0.717) is 30.8 Å². The summed E-state index contributed by atoms with van der Waals surface area (Å²) in [5.74, 6) is -0.328. The van der Waals surface area contributed by atoms with Gasteiger partial charge in [0.2, 0.25) is 0 Å². The van der Waals surface area contributed by atoms with Crippen molar-refractivity contribution in [3.05, 3.63) is 27.2 Å². The molecule has 0 radical (unpaired) electrons. The molecule has 1 aromatic rings. The Morgan fingerprint density at radius 2 is 2.24 bits per heavy atom. The molecule has 0 aromatic carbocycles. The van der Waals surface area contributed by atoms with Gasteiger partial charge >= 0.3 is 0 Å². The highest BCUT2D eigenvalue weighted by Gasteiger charge is 2.28. The van der Waals surface area contributed by atoms with E-state index in [-0.39, 0.29) is 11.5 Å². The predicted molar refractivity (Wildman–Crippen MR) is 60.9 cm³/mol. The van der Waals surface area contributed by atoms with Gasteiger partial charge < -0.3 is 10.0 Å². The molecule has 1 saturated heterocycles. The molecule has 0 saturated carbocycles. The number of rotatable bonds is 1. The van der Waals surface area contributed by atoms with E-state index >= 15 is 0 Å². The van der Waals surface area contributed by atoms with E-state index in [2.05, 4.69) is 10.2 Å². The number of carbonyl (C=O) groups is 1. The molecule has 0 spiro atoms. The molecule has 2 rings (SSSR count). The lowest BCUT2D eigenvalue weighted by Gasteiger charge is -2.16. The average Bonchev–Trinajstić information content (AvgIpc) is 2.71. The van der Waals surface area contributed by atoms with E-state index in [1.54, 1.807) is 13.8 Å². The lowest BCUT2D eigenvalue weighted by Crippen LogP contribution is -2.35. The Hall–Kier alpha value is -1.69. The van der Waals surface area contributed by atoms with Crippen LogP contribution in [0.1, 0.15) is 28.0 Å². The summed E-state index contributed by atoms with van der Waals surface area (Å²) < 4.78 is 0. The second kappa shape index (κ2) is 4.29. The van der Waals surface area contributed by atoms with Gasteiger partial charge in [-0.05, 0) is 25.8 Å². The molecule has 2 heterocycles. The third-order valence-corrected chi connectivity index (χ3v) is 3.13. The Kier molecular flexibility index (Phi) is 2.97. The highest BCUT2D eigenvalue weighted by atomic mass is 16.3. The molecule has 92 valence electrons. The Bertz CT molecular complexity index is 509. The van der Waals surface area contributed by atoms with Crippen LogP contribution in [0.4, 0.5) is 0 Å². The number of H-pyrrole nitrogens is 1. The zero-order valence-corrected chi connectivity index (χ0v) is 9.86. The van der Waals surface area contributed by atoms with Gasteiger partial charge in [0.05, 0.1) is 11.8 Å². The second-order valence-corrected chi connectivity index (χ2v) is 4.33. The first-order chi connectivity index (χ1) is 8.00. The quantitative estimate of drug-likeness (QED) is 0.695. The Balaban J connectivity index is 2.37. The van der Waals surface area contributed by atoms with Crippen LogP contribution in [-0.4, -0.2) is 45.3 Å². The minimum absolute atomic E-state index is 0.131. The highest BCUT2D eigenvalue weighted by Crippen LogP contribution is 2.14. The SMILES string of the molecule is Cc1n[nH]c(=O)c(C(=O)N2CC[C@H](O)C2)c1C. The van der Waals surface area contributed by atoms with Crippen LogP contribution in [0, 0.1) is 13.8 Å². The van der Waals surface area contributed by atoms with Crippen LogP contribution >= 0.6 is 0 Å². The van der Waals surface area contributed by atoms with Crippen molar-refractivity contribution in [3.8, 4) is 0 Å². The number of carbonyl (C=O) groups excluding carboxylic acids is 1. The van der Waals surface area contributed by atoms with Crippen molar-refractivity contribution >= 4 is 5.91 Å². The van der Waals surface area contributed by atoms with Crippen molar-refractivity contribution in [2.24, 2.45) is 0 Å². The second-order valence-electron chi connectivity index (χ2n) is 4.33. The number of aliphatic hydroxyl groups excluding tert-OH is 1. The van der Waals surface area contributed by atoms with Gasteiger partial charge in [0.25, 0.3) is 11.5 Å². The lowest BCUT2D eigenvalue weighted by molar-refractivity contribution is 0.0762. The maximum atomic E-state index is 12.2. The van der Waals surface area contributed by atoms with E-state index in [4.69, 9.17) is 0 Å². The van der Waals surface area contributed by atoms with Crippen LogP contribution < -0.4 is 5.56 Å². The summed E-state index contributed by atoms with van der Waals surface area (Å²) in [5, 5.41) is 15.5. The van der Waals surface area contributed by atoms with Crippen molar-refractivity contribution in [2.75, 3.05) is 13.1 Å². The van der Waals surface area contributed by atoms with Crippen molar-refractivity contribution in [3.63, 3.8) is 0 Å². The van der Waals surface area contributed by atoms with E-state index in [1.807, 2.05) is 0 Å². The minimum atomic E-state index is -0.485. The smallest absolute Gasteiger partial charge is 0.277 e. The van der Waals surface area contributed by atoms with Crippen LogP contribution in [0.2, 0.25) is 0 Å². The van der Waals surface area contributed by atoms with E-state index < -0.39 is 11.7 Å². The molecule has 1 amide bonds. The van der Waals surface area contributed by atoms with Crippen molar-refractivity contribution in [1.82, 2.24) is 15.1 Å². The van der Waals surface area contributed by atoms with Crippen LogP contribution in [0.5, 0.6) is 0 Å². The van der Waals surface area contributed by atoms with Gasteiger partial charge in [-0.1, -0.05) is 0 Å². The monoisotopic (exact) mass is 237 g/mol. The molecule has 1 aliphatic rings. The summed E-state index contributed by atoms with van der Waals surface area (Å²) >= 11 is 0. The number of aryl methyl sites for hydroxylation is 1. The van der Waals surface area contributed by atoms with Crippen molar-refractivity contribution < 1.29 is 9.90 Å². The van der Waals surface area contributed by atoms with Gasteiger partial charge in [-0.3, -0.25) is 9.59 Å². The maximum Gasteiger partial charge on any atom is 0.277 e. The number of aliphatic hydroxyl groups is 1. The normalized spacial score (nSPS) is 19.7. The number of nitrogens with zero attached hydrogens (tertiary/aromatic N) is 2. The van der Waals surface area contributed by atoms with E-state index in [9.17, 15) is 14.7 Å². The number of amides is 1. The molecule has 1 atom stereocenters. The molecule has 1 aliphatic heterocycles.